The fraction of sp³-hybridized carbons (Fsp3) is 0.429. The first-order valence-corrected chi connectivity index (χ1v) is 17.2. The predicted molar refractivity (Wildman–Crippen MR) is 195 cm³/mol. The van der Waals surface area contributed by atoms with E-state index in [0.29, 0.717) is 11.1 Å². The Labute approximate surface area is 320 Å². The summed E-state index contributed by atoms with van der Waals surface area (Å²) in [7, 11) is 0. The van der Waals surface area contributed by atoms with Gasteiger partial charge in [0.1, 0.15) is 42.0 Å². The Kier molecular flexibility index (Phi) is 18.8. The zero-order chi connectivity index (χ0) is 41.9. The van der Waals surface area contributed by atoms with Crippen LogP contribution in [0.1, 0.15) is 30.9 Å². The molecule has 0 fully saturated rings. The first-order valence-electron chi connectivity index (χ1n) is 17.2. The van der Waals surface area contributed by atoms with Crippen LogP contribution in [-0.4, -0.2) is 135 Å². The highest BCUT2D eigenvalue weighted by molar-refractivity contribution is 5.97. The lowest BCUT2D eigenvalue weighted by atomic mass is 10.0. The zero-order valence-electron chi connectivity index (χ0n) is 30.3. The van der Waals surface area contributed by atoms with Gasteiger partial charge in [0.15, 0.2) is 0 Å². The number of primary amides is 1. The van der Waals surface area contributed by atoms with Crippen molar-refractivity contribution in [2.24, 2.45) is 11.5 Å². The summed E-state index contributed by atoms with van der Waals surface area (Å²) >= 11 is 0. The van der Waals surface area contributed by atoms with E-state index in [2.05, 4.69) is 31.9 Å². The molecule has 0 spiro atoms. The van der Waals surface area contributed by atoms with E-state index < -0.39 is 122 Å². The van der Waals surface area contributed by atoms with Gasteiger partial charge in [-0.3, -0.25) is 33.6 Å². The Morgan fingerprint density at radius 2 is 1.02 bits per heavy atom. The van der Waals surface area contributed by atoms with Crippen molar-refractivity contribution in [2.75, 3.05) is 19.8 Å². The molecule has 2 aromatic carbocycles. The molecular formula is C35H48N8O13. The number of carbonyl (C=O) groups excluding carboxylic acids is 7. The number of amides is 7. The molecule has 0 aliphatic heterocycles. The van der Waals surface area contributed by atoms with Gasteiger partial charge in [-0.15, -0.1) is 0 Å². The highest BCUT2D eigenvalue weighted by atomic mass is 16.4. The Bertz CT molecular complexity index is 1680. The molecule has 0 unspecified atom stereocenters. The van der Waals surface area contributed by atoms with Crippen LogP contribution in [0.5, 0.6) is 5.75 Å². The standard InChI is InChI=1S/C35H48N8O13/c1-18(38-30(50)22(36)13-20-7-9-21(47)10-8-20)29(49)41-25(15-44)33(53)39-23(11-12-28(37)48)31(51)42-26(16-45)34(54)40-24(14-19-5-3-2-4-6-19)32(52)43-27(17-46)35(55)56/h2-10,18,22-27,44-47H,11-17,36H2,1H3,(H2,37,48)(H,38,50)(H,39,53)(H,40,54)(H,41,49)(H,42,51)(H,43,52)(H,55,56)/t18-,22-,23-,24-,25-,26-,27-/m0/s1. The molecule has 21 heteroatoms. The summed E-state index contributed by atoms with van der Waals surface area (Å²) in [6.07, 6.45) is -1.02. The van der Waals surface area contributed by atoms with Crippen molar-refractivity contribution in [1.82, 2.24) is 31.9 Å². The SMILES string of the molecule is C[C@H](NC(=O)[C@@H](N)Cc1ccc(O)cc1)C(=O)N[C@@H](CO)C(=O)N[C@@H](CCC(N)=O)C(=O)N[C@@H](CO)C(=O)N[C@@H](Cc1ccccc1)C(=O)N[C@@H](CO)C(=O)O. The number of hydrogen-bond donors (Lipinski definition) is 13. The van der Waals surface area contributed by atoms with E-state index in [4.69, 9.17) is 11.5 Å². The van der Waals surface area contributed by atoms with Crippen molar-refractivity contribution in [3.63, 3.8) is 0 Å². The van der Waals surface area contributed by atoms with Gasteiger partial charge in [0.25, 0.3) is 0 Å². The number of nitrogens with two attached hydrogens (primary N) is 2. The number of aliphatic hydroxyl groups excluding tert-OH is 3. The minimum atomic E-state index is -1.77. The maximum Gasteiger partial charge on any atom is 0.328 e. The average Bonchev–Trinajstić information content (AvgIpc) is 3.16. The molecule has 0 bridgehead atoms. The third kappa shape index (κ3) is 15.3. The summed E-state index contributed by atoms with van der Waals surface area (Å²) in [5, 5.41) is 61.4. The lowest BCUT2D eigenvalue weighted by molar-refractivity contribution is -0.143. The molecule has 0 aromatic heterocycles. The molecule has 0 saturated heterocycles. The molecule has 0 aliphatic carbocycles. The zero-order valence-corrected chi connectivity index (χ0v) is 30.3. The number of carboxylic acids is 1. The third-order valence-electron chi connectivity index (χ3n) is 8.14. The van der Waals surface area contributed by atoms with Crippen LogP contribution in [0.25, 0.3) is 0 Å². The second kappa shape index (κ2) is 22.9. The number of nitrogens with one attached hydrogen (secondary N) is 6. The van der Waals surface area contributed by atoms with Crippen molar-refractivity contribution >= 4 is 47.3 Å². The summed E-state index contributed by atoms with van der Waals surface area (Å²) in [4.78, 5) is 101. The van der Waals surface area contributed by atoms with Gasteiger partial charge in [-0.05, 0) is 43.0 Å². The Morgan fingerprint density at radius 1 is 0.571 bits per heavy atom. The van der Waals surface area contributed by atoms with Crippen LogP contribution in [0.2, 0.25) is 0 Å². The van der Waals surface area contributed by atoms with Gasteiger partial charge in [-0.2, -0.15) is 0 Å². The molecule has 15 N–H and O–H groups in total. The van der Waals surface area contributed by atoms with E-state index >= 15 is 0 Å². The lowest BCUT2D eigenvalue weighted by Gasteiger charge is -2.26. The van der Waals surface area contributed by atoms with E-state index in [-0.39, 0.29) is 18.6 Å². The summed E-state index contributed by atoms with van der Waals surface area (Å²) in [6, 6.07) is 3.49. The molecule has 0 heterocycles. The van der Waals surface area contributed by atoms with E-state index in [0.717, 1.165) is 0 Å². The lowest BCUT2D eigenvalue weighted by Crippen LogP contribution is -2.61. The summed E-state index contributed by atoms with van der Waals surface area (Å²) in [6.45, 7) is -1.72. The number of aromatic hydroxyl groups is 1. The largest absolute Gasteiger partial charge is 0.508 e. The summed E-state index contributed by atoms with van der Waals surface area (Å²) in [5.74, 6) is -8.46. The van der Waals surface area contributed by atoms with Crippen LogP contribution in [0, 0.1) is 0 Å². The second-order valence-electron chi connectivity index (χ2n) is 12.6. The van der Waals surface area contributed by atoms with Crippen molar-refractivity contribution in [2.45, 2.75) is 74.9 Å². The molecule has 0 aliphatic rings. The number of rotatable bonds is 23. The third-order valence-corrected chi connectivity index (χ3v) is 8.14. The smallest absolute Gasteiger partial charge is 0.328 e. The molecule has 21 nitrogen and oxygen atoms in total. The molecule has 2 rings (SSSR count). The molecule has 306 valence electrons. The molecular weight excluding hydrogens is 740 g/mol. The van der Waals surface area contributed by atoms with Crippen LogP contribution < -0.4 is 43.4 Å². The summed E-state index contributed by atoms with van der Waals surface area (Å²) < 4.78 is 0. The highest BCUT2D eigenvalue weighted by Gasteiger charge is 2.33. The fourth-order valence-corrected chi connectivity index (χ4v) is 4.94. The van der Waals surface area contributed by atoms with Crippen molar-refractivity contribution in [3.05, 3.63) is 65.7 Å². The Hall–Kier alpha value is -6.16. The van der Waals surface area contributed by atoms with Crippen LogP contribution >= 0.6 is 0 Å². The van der Waals surface area contributed by atoms with Gasteiger partial charge in [0.05, 0.1) is 25.9 Å². The molecule has 56 heavy (non-hydrogen) atoms. The number of phenols is 1. The minimum Gasteiger partial charge on any atom is -0.508 e. The fourth-order valence-electron chi connectivity index (χ4n) is 4.94. The van der Waals surface area contributed by atoms with Gasteiger partial charge in [0.2, 0.25) is 41.4 Å². The number of carboxylic acid groups (broad SMARTS) is 1. The second-order valence-corrected chi connectivity index (χ2v) is 12.6. The van der Waals surface area contributed by atoms with Gasteiger partial charge >= 0.3 is 5.97 Å². The monoisotopic (exact) mass is 788 g/mol. The maximum atomic E-state index is 13.3. The molecule has 2 aromatic rings. The topological polar surface area (TPSA) is 362 Å². The van der Waals surface area contributed by atoms with Gasteiger partial charge in [-0.25, -0.2) is 4.79 Å². The van der Waals surface area contributed by atoms with Crippen LogP contribution in [0.15, 0.2) is 54.6 Å². The number of carbonyl (C=O) groups is 8. The predicted octanol–water partition coefficient (Wildman–Crippen LogP) is -5.24. The quantitative estimate of drug-likeness (QED) is 0.0501. The van der Waals surface area contributed by atoms with Crippen LogP contribution in [-0.2, 0) is 51.2 Å². The minimum absolute atomic E-state index is 0.0163. The highest BCUT2D eigenvalue weighted by Crippen LogP contribution is 2.11. The molecule has 7 amide bonds. The van der Waals surface area contributed by atoms with Crippen molar-refractivity contribution < 1.29 is 63.9 Å². The van der Waals surface area contributed by atoms with E-state index in [9.17, 15) is 63.9 Å². The molecule has 7 atom stereocenters. The number of phenolic OH excluding ortho intramolecular Hbond substituents is 1. The van der Waals surface area contributed by atoms with Crippen LogP contribution in [0.3, 0.4) is 0 Å². The van der Waals surface area contributed by atoms with Gasteiger partial charge in [0, 0.05) is 12.8 Å². The van der Waals surface area contributed by atoms with E-state index in [1.807, 2.05) is 0 Å². The number of benzene rings is 2. The maximum absolute atomic E-state index is 13.3. The molecule has 0 saturated carbocycles. The van der Waals surface area contributed by atoms with Gasteiger partial charge in [-0.1, -0.05) is 42.5 Å². The molecule has 0 radical (unpaired) electrons. The average molecular weight is 789 g/mol. The van der Waals surface area contributed by atoms with E-state index in [1.165, 1.54) is 19.1 Å². The normalized spacial score (nSPS) is 14.6. The first kappa shape index (κ1) is 46.0. The Morgan fingerprint density at radius 3 is 1.54 bits per heavy atom. The van der Waals surface area contributed by atoms with Gasteiger partial charge < -0.3 is 68.9 Å². The van der Waals surface area contributed by atoms with Crippen molar-refractivity contribution in [3.8, 4) is 5.75 Å². The number of hydrogen-bond acceptors (Lipinski definition) is 13. The van der Waals surface area contributed by atoms with Crippen LogP contribution in [0.4, 0.5) is 0 Å². The number of aliphatic hydroxyl groups is 3. The first-order chi connectivity index (χ1) is 26.5. The Balaban J connectivity index is 2.13. The van der Waals surface area contributed by atoms with Crippen molar-refractivity contribution in [1.29, 1.82) is 0 Å². The summed E-state index contributed by atoms with van der Waals surface area (Å²) in [5.41, 5.74) is 12.3. The van der Waals surface area contributed by atoms with E-state index in [1.54, 1.807) is 42.5 Å². The number of aliphatic carboxylic acids is 1.